The van der Waals surface area contributed by atoms with Gasteiger partial charge in [-0.25, -0.2) is 4.79 Å². The molecule has 0 aliphatic carbocycles. The Kier molecular flexibility index (Phi) is 7.89. The monoisotopic (exact) mass is 514 g/mol. The summed E-state index contributed by atoms with van der Waals surface area (Å²) >= 11 is 0. The highest BCUT2D eigenvalue weighted by molar-refractivity contribution is 5.93. The van der Waals surface area contributed by atoms with Crippen molar-refractivity contribution in [3.05, 3.63) is 89.6 Å². The zero-order chi connectivity index (χ0) is 26.3. The Labute approximate surface area is 220 Å². The minimum Gasteiger partial charge on any atom is -0.493 e. The van der Waals surface area contributed by atoms with Gasteiger partial charge >= 0.3 is 5.97 Å². The molecule has 0 amide bonds. The largest absolute Gasteiger partial charge is 0.493 e. The summed E-state index contributed by atoms with van der Waals surface area (Å²) in [5, 5.41) is 5.13. The normalized spacial score (nSPS) is 11.2. The number of carbonyl (C=O) groups excluding carboxylic acids is 1. The number of esters is 1. The molecule has 8 heteroatoms. The summed E-state index contributed by atoms with van der Waals surface area (Å²) in [4.78, 5) is 16.1. The van der Waals surface area contributed by atoms with Gasteiger partial charge in [0.1, 0.15) is 35.0 Å². The van der Waals surface area contributed by atoms with Crippen molar-refractivity contribution in [3.63, 3.8) is 0 Å². The van der Waals surface area contributed by atoms with Gasteiger partial charge in [0.2, 0.25) is 5.76 Å². The molecular formula is C30H30N2O6. The van der Waals surface area contributed by atoms with E-state index < -0.39 is 5.97 Å². The predicted molar refractivity (Wildman–Crippen MR) is 144 cm³/mol. The number of rotatable bonds is 12. The molecular weight excluding hydrogens is 484 g/mol. The number of nitrogens with one attached hydrogen (secondary N) is 1. The number of furan rings is 2. The molecule has 3 heterocycles. The second-order valence-corrected chi connectivity index (χ2v) is 8.84. The number of carbonyl (C=O) groups is 1. The molecule has 0 fully saturated rings. The number of pyridine rings is 1. The zero-order valence-corrected chi connectivity index (χ0v) is 21.5. The van der Waals surface area contributed by atoms with Crippen LogP contribution in [0.3, 0.4) is 0 Å². The molecule has 2 aromatic carbocycles. The second-order valence-electron chi connectivity index (χ2n) is 8.84. The SMILES string of the molecule is CCOC(=O)c1cc2cc(OCc3oc4cccc(OCCCNCc5cccnc5)c4c3C)ccc2o1. The van der Waals surface area contributed by atoms with Crippen LogP contribution in [0.1, 0.15) is 40.8 Å². The molecule has 3 aromatic heterocycles. The van der Waals surface area contributed by atoms with Crippen LogP contribution < -0.4 is 14.8 Å². The van der Waals surface area contributed by atoms with Crippen LogP contribution in [-0.4, -0.2) is 30.7 Å². The average Bonchev–Trinajstić information content (AvgIpc) is 3.51. The summed E-state index contributed by atoms with van der Waals surface area (Å²) in [6.07, 6.45) is 4.51. The zero-order valence-electron chi connectivity index (χ0n) is 21.5. The second kappa shape index (κ2) is 11.8. The van der Waals surface area contributed by atoms with Gasteiger partial charge in [-0.3, -0.25) is 4.98 Å². The lowest BCUT2D eigenvalue weighted by Crippen LogP contribution is -2.17. The van der Waals surface area contributed by atoms with E-state index in [2.05, 4.69) is 16.4 Å². The van der Waals surface area contributed by atoms with E-state index in [1.165, 1.54) is 0 Å². The summed E-state index contributed by atoms with van der Waals surface area (Å²) in [6, 6.07) is 16.9. The van der Waals surface area contributed by atoms with E-state index in [1.54, 1.807) is 31.3 Å². The Morgan fingerprint density at radius 1 is 1.03 bits per heavy atom. The van der Waals surface area contributed by atoms with Gasteiger partial charge in [0.25, 0.3) is 0 Å². The molecule has 0 aliphatic heterocycles. The summed E-state index contributed by atoms with van der Waals surface area (Å²) < 4.78 is 28.8. The van der Waals surface area contributed by atoms with Crippen LogP contribution in [0.25, 0.3) is 21.9 Å². The van der Waals surface area contributed by atoms with Crippen LogP contribution >= 0.6 is 0 Å². The van der Waals surface area contributed by atoms with E-state index in [4.69, 9.17) is 23.0 Å². The van der Waals surface area contributed by atoms with Gasteiger partial charge < -0.3 is 28.4 Å². The number of aryl methyl sites for hydroxylation is 1. The van der Waals surface area contributed by atoms with Crippen molar-refractivity contribution in [2.24, 2.45) is 0 Å². The summed E-state index contributed by atoms with van der Waals surface area (Å²) in [7, 11) is 0. The molecule has 0 radical (unpaired) electrons. The number of hydrogen-bond acceptors (Lipinski definition) is 8. The fourth-order valence-corrected chi connectivity index (χ4v) is 4.25. The molecule has 0 unspecified atom stereocenters. The van der Waals surface area contributed by atoms with Crippen molar-refractivity contribution in [1.29, 1.82) is 0 Å². The Balaban J connectivity index is 1.19. The van der Waals surface area contributed by atoms with Crippen LogP contribution in [0.4, 0.5) is 0 Å². The minimum absolute atomic E-state index is 0.170. The molecule has 0 saturated heterocycles. The Morgan fingerprint density at radius 3 is 2.79 bits per heavy atom. The van der Waals surface area contributed by atoms with Crippen LogP contribution in [0, 0.1) is 6.92 Å². The van der Waals surface area contributed by atoms with Crippen molar-refractivity contribution < 1.29 is 27.8 Å². The lowest BCUT2D eigenvalue weighted by Gasteiger charge is -2.09. The highest BCUT2D eigenvalue weighted by Gasteiger charge is 2.17. The highest BCUT2D eigenvalue weighted by Crippen LogP contribution is 2.34. The van der Waals surface area contributed by atoms with Gasteiger partial charge in [0.15, 0.2) is 0 Å². The van der Waals surface area contributed by atoms with E-state index in [0.717, 1.165) is 58.5 Å². The van der Waals surface area contributed by atoms with Crippen molar-refractivity contribution >= 4 is 27.9 Å². The maximum Gasteiger partial charge on any atom is 0.374 e. The molecule has 0 aliphatic rings. The van der Waals surface area contributed by atoms with E-state index in [9.17, 15) is 4.79 Å². The van der Waals surface area contributed by atoms with Crippen molar-refractivity contribution in [2.75, 3.05) is 19.8 Å². The van der Waals surface area contributed by atoms with Gasteiger partial charge in [-0.05, 0) is 74.8 Å². The molecule has 5 aromatic rings. The molecule has 0 atom stereocenters. The molecule has 196 valence electrons. The molecule has 5 rings (SSSR count). The lowest BCUT2D eigenvalue weighted by atomic mass is 10.1. The Morgan fingerprint density at radius 2 is 1.95 bits per heavy atom. The average molecular weight is 515 g/mol. The van der Waals surface area contributed by atoms with Gasteiger partial charge in [-0.15, -0.1) is 0 Å². The first-order chi connectivity index (χ1) is 18.6. The first-order valence-electron chi connectivity index (χ1n) is 12.7. The maximum atomic E-state index is 12.0. The van der Waals surface area contributed by atoms with E-state index >= 15 is 0 Å². The number of hydrogen-bond donors (Lipinski definition) is 1. The maximum absolute atomic E-state index is 12.0. The number of aromatic nitrogens is 1. The Bertz CT molecular complexity index is 1520. The lowest BCUT2D eigenvalue weighted by molar-refractivity contribution is 0.0492. The first-order valence-corrected chi connectivity index (χ1v) is 12.7. The number of nitrogens with zero attached hydrogens (tertiary/aromatic N) is 1. The quantitative estimate of drug-likeness (QED) is 0.155. The number of fused-ring (bicyclic) bond motifs is 2. The molecule has 38 heavy (non-hydrogen) atoms. The van der Waals surface area contributed by atoms with Gasteiger partial charge in [0, 0.05) is 29.9 Å². The van der Waals surface area contributed by atoms with E-state index in [1.807, 2.05) is 43.5 Å². The third-order valence-corrected chi connectivity index (χ3v) is 6.16. The third kappa shape index (κ3) is 5.81. The van der Waals surface area contributed by atoms with Crippen LogP contribution in [0.15, 0.2) is 75.8 Å². The summed E-state index contributed by atoms with van der Waals surface area (Å²) in [5.41, 5.74) is 3.50. The van der Waals surface area contributed by atoms with E-state index in [-0.39, 0.29) is 19.0 Å². The fraction of sp³-hybridized carbons (Fsp3) is 0.267. The summed E-state index contributed by atoms with van der Waals surface area (Å²) in [6.45, 7) is 6.53. The topological polar surface area (TPSA) is 96.0 Å². The van der Waals surface area contributed by atoms with Gasteiger partial charge in [-0.1, -0.05) is 12.1 Å². The standard InChI is InChI=1S/C30H30N2O6/c1-3-34-30(33)27-16-22-15-23(10-11-24(22)37-27)36-19-28-20(2)29-25(8-4-9-26(29)38-28)35-14-6-13-32-18-21-7-5-12-31-17-21/h4-5,7-12,15-17,32H,3,6,13-14,18-19H2,1-2H3. The predicted octanol–water partition coefficient (Wildman–Crippen LogP) is 6.20. The van der Waals surface area contributed by atoms with Gasteiger partial charge in [-0.2, -0.15) is 0 Å². The molecule has 0 bridgehead atoms. The van der Waals surface area contributed by atoms with Gasteiger partial charge in [0.05, 0.1) is 18.6 Å². The minimum atomic E-state index is -0.483. The molecule has 0 saturated carbocycles. The van der Waals surface area contributed by atoms with Crippen molar-refractivity contribution in [1.82, 2.24) is 10.3 Å². The van der Waals surface area contributed by atoms with Crippen LogP contribution in [0.5, 0.6) is 11.5 Å². The Hall–Kier alpha value is -4.30. The molecule has 8 nitrogen and oxygen atoms in total. The van der Waals surface area contributed by atoms with Crippen molar-refractivity contribution in [3.8, 4) is 11.5 Å². The van der Waals surface area contributed by atoms with Crippen LogP contribution in [-0.2, 0) is 17.9 Å². The number of benzene rings is 2. The molecule has 0 spiro atoms. The van der Waals surface area contributed by atoms with Crippen molar-refractivity contribution in [2.45, 2.75) is 33.4 Å². The van der Waals surface area contributed by atoms with E-state index in [0.29, 0.717) is 17.9 Å². The van der Waals surface area contributed by atoms with Crippen LogP contribution in [0.2, 0.25) is 0 Å². The third-order valence-electron chi connectivity index (χ3n) is 6.16. The number of ether oxygens (including phenoxy) is 3. The smallest absolute Gasteiger partial charge is 0.374 e. The first kappa shape index (κ1) is 25.4. The fourth-order valence-electron chi connectivity index (χ4n) is 4.25. The molecule has 1 N–H and O–H groups in total. The highest BCUT2D eigenvalue weighted by atomic mass is 16.5. The summed E-state index contributed by atoms with van der Waals surface area (Å²) in [5.74, 6) is 1.86.